The van der Waals surface area contributed by atoms with E-state index >= 15 is 0 Å². The fraction of sp³-hybridized carbons (Fsp3) is 0.0909. The summed E-state index contributed by atoms with van der Waals surface area (Å²) in [6, 6.07) is 11.3. The molecular formula is C22H17ClFN3O2S2. The number of aromatic nitrogens is 3. The minimum absolute atomic E-state index is 0.0214. The molecule has 0 fully saturated rings. The Morgan fingerprint density at radius 1 is 1.16 bits per heavy atom. The van der Waals surface area contributed by atoms with E-state index in [1.807, 2.05) is 6.07 Å². The molecule has 0 saturated heterocycles. The summed E-state index contributed by atoms with van der Waals surface area (Å²) in [5.41, 5.74) is 3.03. The highest BCUT2D eigenvalue weighted by Gasteiger charge is 2.18. The maximum atomic E-state index is 13.4. The number of hydrogen-bond donors (Lipinski definition) is 2. The Labute approximate surface area is 190 Å². The molecule has 0 aliphatic rings. The molecule has 0 amide bonds. The lowest BCUT2D eigenvalue weighted by atomic mass is 10.0. The number of aromatic hydroxyl groups is 1. The minimum Gasteiger partial charge on any atom is -0.612 e. The molecule has 0 spiro atoms. The number of halogens is 2. The molecule has 1 unspecified atom stereocenters. The number of aromatic amines is 1. The predicted molar refractivity (Wildman–Crippen MR) is 122 cm³/mol. The quantitative estimate of drug-likeness (QED) is 0.278. The molecule has 2 heterocycles. The zero-order chi connectivity index (χ0) is 22.0. The average Bonchev–Trinajstić information content (AvgIpc) is 3.29. The van der Waals surface area contributed by atoms with Crippen LogP contribution in [0.2, 0.25) is 5.02 Å². The summed E-state index contributed by atoms with van der Waals surface area (Å²) >= 11 is 6.18. The van der Waals surface area contributed by atoms with E-state index in [2.05, 4.69) is 15.0 Å². The van der Waals surface area contributed by atoms with Gasteiger partial charge in [0.05, 0.1) is 5.03 Å². The molecular weight excluding hydrogens is 457 g/mol. The third-order valence-electron chi connectivity index (χ3n) is 4.59. The second-order valence-electron chi connectivity index (χ2n) is 6.67. The molecule has 158 valence electrons. The lowest BCUT2D eigenvalue weighted by Gasteiger charge is -2.12. The van der Waals surface area contributed by atoms with Crippen LogP contribution in [0.5, 0.6) is 5.75 Å². The number of H-pyrrole nitrogens is 1. The van der Waals surface area contributed by atoms with Crippen molar-refractivity contribution in [2.24, 2.45) is 0 Å². The number of phenols is 1. The molecule has 5 nitrogen and oxygen atoms in total. The molecule has 1 atom stereocenters. The first-order valence-electron chi connectivity index (χ1n) is 9.15. The van der Waals surface area contributed by atoms with Gasteiger partial charge in [-0.25, -0.2) is 14.4 Å². The molecule has 31 heavy (non-hydrogen) atoms. The number of nitrogens with zero attached hydrogens (tertiary/aromatic N) is 2. The second-order valence-corrected chi connectivity index (χ2v) is 9.45. The summed E-state index contributed by atoms with van der Waals surface area (Å²) in [6.45, 7) is 0. The lowest BCUT2D eigenvalue weighted by Crippen LogP contribution is -2.00. The van der Waals surface area contributed by atoms with Crippen LogP contribution in [0.25, 0.3) is 22.5 Å². The number of pyridine rings is 1. The fourth-order valence-corrected chi connectivity index (χ4v) is 4.95. The van der Waals surface area contributed by atoms with Crippen molar-refractivity contribution >= 4 is 34.5 Å². The Balaban J connectivity index is 1.66. The van der Waals surface area contributed by atoms with Gasteiger partial charge in [-0.2, -0.15) is 0 Å². The van der Waals surface area contributed by atoms with Crippen LogP contribution in [0.3, 0.4) is 0 Å². The Hall–Kier alpha value is -2.52. The normalized spacial score (nSPS) is 12.1. The summed E-state index contributed by atoms with van der Waals surface area (Å²) < 4.78 is 25.2. The van der Waals surface area contributed by atoms with E-state index in [9.17, 15) is 14.0 Å². The summed E-state index contributed by atoms with van der Waals surface area (Å²) in [5, 5.41) is 11.6. The molecule has 2 aromatic carbocycles. The van der Waals surface area contributed by atoms with E-state index in [4.69, 9.17) is 11.6 Å². The van der Waals surface area contributed by atoms with Crippen LogP contribution in [0, 0.1) is 5.82 Å². The largest absolute Gasteiger partial charge is 0.612 e. The first-order chi connectivity index (χ1) is 14.9. The van der Waals surface area contributed by atoms with Crippen molar-refractivity contribution in [1.29, 1.82) is 0 Å². The molecule has 0 saturated carbocycles. The predicted octanol–water partition coefficient (Wildman–Crippen LogP) is 5.67. The van der Waals surface area contributed by atoms with E-state index < -0.39 is 11.2 Å². The molecule has 0 bridgehead atoms. The van der Waals surface area contributed by atoms with Crippen molar-refractivity contribution in [2.75, 3.05) is 6.26 Å². The fourth-order valence-electron chi connectivity index (χ4n) is 3.09. The van der Waals surface area contributed by atoms with Crippen molar-refractivity contribution in [3.8, 4) is 28.3 Å². The summed E-state index contributed by atoms with van der Waals surface area (Å²) in [6.07, 6.45) is 6.60. The molecule has 4 aromatic rings. The van der Waals surface area contributed by atoms with Gasteiger partial charge in [-0.15, -0.1) is 11.8 Å². The average molecular weight is 474 g/mol. The van der Waals surface area contributed by atoms with Crippen LogP contribution in [0.15, 0.2) is 71.0 Å². The van der Waals surface area contributed by atoms with Gasteiger partial charge in [0.1, 0.15) is 17.9 Å². The van der Waals surface area contributed by atoms with Crippen molar-refractivity contribution in [2.45, 2.75) is 15.7 Å². The molecule has 4 rings (SSSR count). The van der Waals surface area contributed by atoms with Crippen molar-refractivity contribution in [3.05, 3.63) is 77.5 Å². The molecule has 0 aliphatic heterocycles. The number of hydrogen-bond acceptors (Lipinski definition) is 5. The van der Waals surface area contributed by atoms with Gasteiger partial charge in [-0.05, 0) is 41.0 Å². The van der Waals surface area contributed by atoms with Crippen LogP contribution in [0.4, 0.5) is 4.39 Å². The van der Waals surface area contributed by atoms with Gasteiger partial charge in [-0.3, -0.25) is 0 Å². The van der Waals surface area contributed by atoms with E-state index in [-0.39, 0.29) is 11.6 Å². The summed E-state index contributed by atoms with van der Waals surface area (Å²) in [5.74, 6) is 0.721. The van der Waals surface area contributed by atoms with Gasteiger partial charge >= 0.3 is 0 Å². The van der Waals surface area contributed by atoms with Crippen LogP contribution >= 0.6 is 23.4 Å². The highest BCUT2D eigenvalue weighted by Crippen LogP contribution is 2.37. The lowest BCUT2D eigenvalue weighted by molar-refractivity contribution is 0.454. The SMILES string of the molecule is C[S+]([O-])c1cc(Cl)cc(CSc2cc(-c3ncc[nH]3)c(-c3ccc(F)cc3)cn2)c1O. The Morgan fingerprint density at radius 3 is 2.61 bits per heavy atom. The van der Waals surface area contributed by atoms with Crippen LogP contribution < -0.4 is 0 Å². The van der Waals surface area contributed by atoms with Gasteiger partial charge in [-0.1, -0.05) is 23.7 Å². The monoisotopic (exact) mass is 473 g/mol. The van der Waals surface area contributed by atoms with Crippen molar-refractivity contribution in [3.63, 3.8) is 0 Å². The van der Waals surface area contributed by atoms with Crippen LogP contribution in [-0.4, -0.2) is 30.9 Å². The summed E-state index contributed by atoms with van der Waals surface area (Å²) in [7, 11) is 0. The number of imidazole rings is 1. The van der Waals surface area contributed by atoms with E-state index in [0.717, 1.165) is 16.7 Å². The maximum absolute atomic E-state index is 13.4. The smallest absolute Gasteiger partial charge is 0.195 e. The summed E-state index contributed by atoms with van der Waals surface area (Å²) in [4.78, 5) is 12.3. The van der Waals surface area contributed by atoms with Crippen molar-refractivity contribution in [1.82, 2.24) is 15.0 Å². The maximum Gasteiger partial charge on any atom is 0.195 e. The number of rotatable bonds is 6. The minimum atomic E-state index is -1.36. The van der Waals surface area contributed by atoms with E-state index in [0.29, 0.717) is 32.1 Å². The number of benzene rings is 2. The third-order valence-corrected chi connectivity index (χ3v) is 6.71. The molecule has 9 heteroatoms. The Kier molecular flexibility index (Phi) is 6.52. The van der Waals surface area contributed by atoms with E-state index in [1.54, 1.807) is 36.8 Å². The van der Waals surface area contributed by atoms with Gasteiger partial charge in [0.2, 0.25) is 0 Å². The first kappa shape index (κ1) is 21.7. The van der Waals surface area contributed by atoms with Crippen LogP contribution in [0.1, 0.15) is 5.56 Å². The number of phenolic OH excluding ortho intramolecular Hbond substituents is 1. The van der Waals surface area contributed by atoms with Crippen molar-refractivity contribution < 1.29 is 14.0 Å². The van der Waals surface area contributed by atoms with Gasteiger partial charge < -0.3 is 14.6 Å². The standard InChI is InChI=1S/C22H17ClFN3O2S2/c1-31(29)19-9-15(23)8-14(21(19)28)12-30-20-10-17(22-25-6-7-26-22)18(11-27-20)13-2-4-16(24)5-3-13/h2-11,28H,12H2,1H3,(H,25,26). The highest BCUT2D eigenvalue weighted by molar-refractivity contribution is 7.98. The van der Waals surface area contributed by atoms with Crippen LogP contribution in [-0.2, 0) is 16.9 Å². The molecule has 0 radical (unpaired) electrons. The second kappa shape index (κ2) is 9.32. The van der Waals surface area contributed by atoms with Gasteiger partial charge in [0.25, 0.3) is 0 Å². The van der Waals surface area contributed by atoms with Gasteiger partial charge in [0, 0.05) is 52.1 Å². The topological polar surface area (TPSA) is 84.9 Å². The van der Waals surface area contributed by atoms with E-state index in [1.165, 1.54) is 36.2 Å². The zero-order valence-corrected chi connectivity index (χ0v) is 18.7. The zero-order valence-electron chi connectivity index (χ0n) is 16.3. The third kappa shape index (κ3) is 4.88. The molecule has 2 N–H and O–H groups in total. The first-order valence-corrected chi connectivity index (χ1v) is 12.1. The molecule has 0 aliphatic carbocycles. The molecule has 2 aromatic heterocycles. The number of thioether (sulfide) groups is 1. The highest BCUT2D eigenvalue weighted by atomic mass is 35.5. The van der Waals surface area contributed by atoms with Gasteiger partial charge in [0.15, 0.2) is 10.6 Å². The number of nitrogens with one attached hydrogen (secondary N) is 1. The Bertz CT molecular complexity index is 1200. The Morgan fingerprint density at radius 2 is 1.94 bits per heavy atom.